The minimum absolute atomic E-state index is 0.193. The van der Waals surface area contributed by atoms with Gasteiger partial charge in [-0.15, -0.1) is 0 Å². The van der Waals surface area contributed by atoms with E-state index < -0.39 is 0 Å². The summed E-state index contributed by atoms with van der Waals surface area (Å²) >= 11 is 0. The highest BCUT2D eigenvalue weighted by atomic mass is 19.1. The van der Waals surface area contributed by atoms with Crippen LogP contribution in [0.1, 0.15) is 12.0 Å². The Balaban J connectivity index is 1.87. The highest BCUT2D eigenvalue weighted by molar-refractivity contribution is 5.82. The number of benzene rings is 1. The molecule has 0 spiro atoms. The fourth-order valence-corrected chi connectivity index (χ4v) is 2.78. The highest BCUT2D eigenvalue weighted by Gasteiger charge is 2.21. The fourth-order valence-electron chi connectivity index (χ4n) is 2.78. The number of likely N-dealkylation sites (tertiary alicyclic amines) is 1. The molecule has 1 unspecified atom stereocenters. The van der Waals surface area contributed by atoms with E-state index >= 15 is 0 Å². The maximum Gasteiger partial charge on any atom is 0.132 e. The van der Waals surface area contributed by atoms with Crippen LogP contribution in [0.25, 0.3) is 10.9 Å². The number of rotatable bonds is 3. The molecule has 1 saturated heterocycles. The molecule has 2 aromatic rings. The zero-order valence-corrected chi connectivity index (χ0v) is 11.1. The Hall–Kier alpha value is -1.52. The number of pyridine rings is 1. The molecule has 3 nitrogen and oxygen atoms in total. The van der Waals surface area contributed by atoms with Gasteiger partial charge in [-0.25, -0.2) is 4.39 Å². The molecule has 1 fully saturated rings. The molecule has 2 heterocycles. The van der Waals surface area contributed by atoms with Crippen LogP contribution in [-0.4, -0.2) is 36.1 Å². The van der Waals surface area contributed by atoms with Crippen molar-refractivity contribution in [3.63, 3.8) is 0 Å². The van der Waals surface area contributed by atoms with Crippen molar-refractivity contribution in [3.05, 3.63) is 41.8 Å². The summed E-state index contributed by atoms with van der Waals surface area (Å²) in [5.41, 5.74) is 1.89. The number of hydrogen-bond acceptors (Lipinski definition) is 3. The summed E-state index contributed by atoms with van der Waals surface area (Å²) in [6, 6.07) is 7.55. The van der Waals surface area contributed by atoms with Crippen LogP contribution in [0.2, 0.25) is 0 Å². The fraction of sp³-hybridized carbons (Fsp3) is 0.400. The van der Waals surface area contributed by atoms with E-state index in [0.29, 0.717) is 11.4 Å². The molecule has 1 aromatic carbocycles. The monoisotopic (exact) mass is 259 g/mol. The van der Waals surface area contributed by atoms with E-state index in [-0.39, 0.29) is 5.82 Å². The van der Waals surface area contributed by atoms with Crippen molar-refractivity contribution >= 4 is 10.9 Å². The molecule has 0 bridgehead atoms. The van der Waals surface area contributed by atoms with Gasteiger partial charge in [-0.05, 0) is 37.2 Å². The molecule has 3 rings (SSSR count). The maximum atomic E-state index is 13.7. The first kappa shape index (κ1) is 12.5. The molecule has 1 atom stereocenters. The van der Waals surface area contributed by atoms with Crippen LogP contribution in [0.3, 0.4) is 0 Å². The van der Waals surface area contributed by atoms with Gasteiger partial charge in [0.2, 0.25) is 0 Å². The first-order chi connectivity index (χ1) is 9.28. The van der Waals surface area contributed by atoms with Gasteiger partial charge in [0.1, 0.15) is 5.82 Å². The zero-order valence-electron chi connectivity index (χ0n) is 11.1. The minimum atomic E-state index is -0.193. The van der Waals surface area contributed by atoms with Gasteiger partial charge in [0, 0.05) is 37.3 Å². The van der Waals surface area contributed by atoms with E-state index in [1.807, 2.05) is 13.1 Å². The van der Waals surface area contributed by atoms with Crippen molar-refractivity contribution in [3.8, 4) is 0 Å². The van der Waals surface area contributed by atoms with Crippen LogP contribution in [0, 0.1) is 5.82 Å². The van der Waals surface area contributed by atoms with E-state index in [2.05, 4.69) is 15.2 Å². The highest BCUT2D eigenvalue weighted by Crippen LogP contribution is 2.22. The standard InChI is InChI=1S/C15H18FN3/c1-17-12-6-8-19(10-12)9-11-4-5-14(16)13-3-2-7-18-15(11)13/h2-5,7,12,17H,6,8-10H2,1H3. The number of nitrogens with one attached hydrogen (secondary N) is 1. The lowest BCUT2D eigenvalue weighted by Crippen LogP contribution is -2.29. The van der Waals surface area contributed by atoms with Crippen molar-refractivity contribution in [1.29, 1.82) is 0 Å². The molecular weight excluding hydrogens is 241 g/mol. The summed E-state index contributed by atoms with van der Waals surface area (Å²) in [6.07, 6.45) is 2.90. The number of hydrogen-bond donors (Lipinski definition) is 1. The lowest BCUT2D eigenvalue weighted by Gasteiger charge is -2.17. The Morgan fingerprint density at radius 1 is 1.42 bits per heavy atom. The Bertz CT molecular complexity index is 585. The van der Waals surface area contributed by atoms with E-state index in [9.17, 15) is 4.39 Å². The smallest absolute Gasteiger partial charge is 0.132 e. The van der Waals surface area contributed by atoms with Crippen LogP contribution in [0.15, 0.2) is 30.5 Å². The molecule has 19 heavy (non-hydrogen) atoms. The van der Waals surface area contributed by atoms with Crippen LogP contribution < -0.4 is 5.32 Å². The molecule has 0 radical (unpaired) electrons. The SMILES string of the molecule is CNC1CCN(Cc2ccc(F)c3cccnc23)C1. The van der Waals surface area contributed by atoms with Crippen molar-refractivity contribution in [1.82, 2.24) is 15.2 Å². The maximum absolute atomic E-state index is 13.7. The van der Waals surface area contributed by atoms with E-state index in [0.717, 1.165) is 30.7 Å². The second-order valence-electron chi connectivity index (χ2n) is 5.12. The third-order valence-electron chi connectivity index (χ3n) is 3.87. The summed E-state index contributed by atoms with van der Waals surface area (Å²) in [7, 11) is 2.00. The Kier molecular flexibility index (Phi) is 3.44. The lowest BCUT2D eigenvalue weighted by molar-refractivity contribution is 0.323. The summed E-state index contributed by atoms with van der Waals surface area (Å²) in [5, 5.41) is 3.92. The molecule has 0 amide bonds. The van der Waals surface area contributed by atoms with E-state index in [1.54, 1.807) is 24.4 Å². The molecule has 100 valence electrons. The molecule has 1 aliphatic heterocycles. The number of halogens is 1. The second-order valence-corrected chi connectivity index (χ2v) is 5.12. The molecule has 1 aliphatic rings. The van der Waals surface area contributed by atoms with E-state index in [4.69, 9.17) is 0 Å². The van der Waals surface area contributed by atoms with Crippen LogP contribution in [-0.2, 0) is 6.54 Å². The molecule has 1 aromatic heterocycles. The van der Waals surface area contributed by atoms with Gasteiger partial charge >= 0.3 is 0 Å². The normalized spacial score (nSPS) is 20.2. The van der Waals surface area contributed by atoms with Gasteiger partial charge in [0.15, 0.2) is 0 Å². The first-order valence-corrected chi connectivity index (χ1v) is 6.69. The van der Waals surface area contributed by atoms with Gasteiger partial charge in [-0.1, -0.05) is 6.07 Å². The lowest BCUT2D eigenvalue weighted by atomic mass is 10.1. The largest absolute Gasteiger partial charge is 0.316 e. The molecule has 0 aliphatic carbocycles. The summed E-state index contributed by atoms with van der Waals surface area (Å²) in [6.45, 7) is 2.96. The van der Waals surface area contributed by atoms with Gasteiger partial charge in [-0.2, -0.15) is 0 Å². The average molecular weight is 259 g/mol. The molecular formula is C15H18FN3. The number of likely N-dealkylation sites (N-methyl/N-ethyl adjacent to an activating group) is 1. The topological polar surface area (TPSA) is 28.2 Å². The van der Waals surface area contributed by atoms with Gasteiger partial charge < -0.3 is 5.32 Å². The van der Waals surface area contributed by atoms with Crippen LogP contribution >= 0.6 is 0 Å². The number of nitrogens with zero attached hydrogens (tertiary/aromatic N) is 2. The van der Waals surface area contributed by atoms with Crippen molar-refractivity contribution < 1.29 is 4.39 Å². The molecule has 1 N–H and O–H groups in total. The summed E-state index contributed by atoms with van der Waals surface area (Å²) in [5.74, 6) is -0.193. The zero-order chi connectivity index (χ0) is 13.2. The second kappa shape index (κ2) is 5.23. The van der Waals surface area contributed by atoms with Crippen molar-refractivity contribution in [2.45, 2.75) is 19.0 Å². The minimum Gasteiger partial charge on any atom is -0.316 e. The third-order valence-corrected chi connectivity index (χ3v) is 3.87. The molecule has 4 heteroatoms. The van der Waals surface area contributed by atoms with Crippen LogP contribution in [0.5, 0.6) is 0 Å². The van der Waals surface area contributed by atoms with Crippen molar-refractivity contribution in [2.24, 2.45) is 0 Å². The van der Waals surface area contributed by atoms with E-state index in [1.165, 1.54) is 6.42 Å². The van der Waals surface area contributed by atoms with Gasteiger partial charge in [0.05, 0.1) is 5.52 Å². The number of fused-ring (bicyclic) bond motifs is 1. The average Bonchev–Trinajstić information content (AvgIpc) is 2.90. The van der Waals surface area contributed by atoms with Crippen molar-refractivity contribution in [2.75, 3.05) is 20.1 Å². The predicted octanol–water partition coefficient (Wildman–Crippen LogP) is 2.17. The van der Waals surface area contributed by atoms with Gasteiger partial charge in [0.25, 0.3) is 0 Å². The summed E-state index contributed by atoms with van der Waals surface area (Å²) < 4.78 is 13.7. The van der Waals surface area contributed by atoms with Gasteiger partial charge in [-0.3, -0.25) is 9.88 Å². The molecule has 0 saturated carbocycles. The first-order valence-electron chi connectivity index (χ1n) is 6.69. The quantitative estimate of drug-likeness (QED) is 0.915. The number of aromatic nitrogens is 1. The Morgan fingerprint density at radius 2 is 2.32 bits per heavy atom. The summed E-state index contributed by atoms with van der Waals surface area (Å²) in [4.78, 5) is 6.73. The Morgan fingerprint density at radius 3 is 3.11 bits per heavy atom. The third kappa shape index (κ3) is 2.46. The van der Waals surface area contributed by atoms with Crippen LogP contribution in [0.4, 0.5) is 4.39 Å². The predicted molar refractivity (Wildman–Crippen MR) is 74.4 cm³/mol. The Labute approximate surface area is 112 Å².